The Hall–Kier alpha value is -0.620. The van der Waals surface area contributed by atoms with Crippen LogP contribution in [0.2, 0.25) is 0 Å². The predicted octanol–water partition coefficient (Wildman–Crippen LogP) is -1.73. The molecule has 1 unspecified atom stereocenters. The summed E-state index contributed by atoms with van der Waals surface area (Å²) in [4.78, 5) is 0. The van der Waals surface area contributed by atoms with E-state index in [2.05, 4.69) is 0 Å². The zero-order valence-electron chi connectivity index (χ0n) is 16.5. The molecule has 164 valence electrons. The van der Waals surface area contributed by atoms with E-state index in [4.69, 9.17) is 9.47 Å². The van der Waals surface area contributed by atoms with Gasteiger partial charge in [-0.05, 0) is 24.2 Å². The molecule has 2 aliphatic rings. The first-order chi connectivity index (χ1) is 13.0. The van der Waals surface area contributed by atoms with Crippen LogP contribution in [0.1, 0.15) is 33.6 Å². The maximum atomic E-state index is 11.2. The van der Waals surface area contributed by atoms with Crippen molar-refractivity contribution in [1.29, 1.82) is 0 Å². The molecule has 9 nitrogen and oxygen atoms in total. The van der Waals surface area contributed by atoms with Gasteiger partial charge >= 0.3 is 0 Å². The third kappa shape index (κ3) is 4.58. The lowest BCUT2D eigenvalue weighted by Crippen LogP contribution is -2.59. The Morgan fingerprint density at radius 3 is 2.29 bits per heavy atom. The second-order valence-electron chi connectivity index (χ2n) is 8.62. The minimum absolute atomic E-state index is 0.242. The summed E-state index contributed by atoms with van der Waals surface area (Å²) < 4.78 is 10.8. The van der Waals surface area contributed by atoms with Crippen LogP contribution in [0.3, 0.4) is 0 Å². The van der Waals surface area contributed by atoms with Gasteiger partial charge in [0.15, 0.2) is 6.29 Å². The number of rotatable bonds is 6. The molecule has 1 aliphatic carbocycles. The molecule has 0 spiro atoms. The van der Waals surface area contributed by atoms with Crippen LogP contribution in [0.15, 0.2) is 12.2 Å². The normalized spacial score (nSPS) is 45.3. The molecule has 0 radical (unpaired) electrons. The lowest BCUT2D eigenvalue weighted by Gasteiger charge is -2.50. The van der Waals surface area contributed by atoms with Gasteiger partial charge in [-0.1, -0.05) is 32.9 Å². The molecular formula is C19H34O9. The summed E-state index contributed by atoms with van der Waals surface area (Å²) in [5.74, 6) is -0.242. The summed E-state index contributed by atoms with van der Waals surface area (Å²) in [6.45, 7) is 4.46. The summed E-state index contributed by atoms with van der Waals surface area (Å²) in [5, 5.41) is 69.8. The molecule has 1 heterocycles. The highest BCUT2D eigenvalue weighted by atomic mass is 16.7. The lowest BCUT2D eigenvalue weighted by molar-refractivity contribution is -0.309. The highest BCUT2D eigenvalue weighted by molar-refractivity contribution is 5.15. The Morgan fingerprint density at radius 2 is 1.75 bits per heavy atom. The first-order valence-electron chi connectivity index (χ1n) is 9.63. The summed E-state index contributed by atoms with van der Waals surface area (Å²) in [6.07, 6.45) is -4.80. The van der Waals surface area contributed by atoms with E-state index in [-0.39, 0.29) is 5.92 Å². The smallest absolute Gasteiger partial charge is 0.187 e. The van der Waals surface area contributed by atoms with Crippen LogP contribution in [-0.2, 0) is 9.47 Å². The van der Waals surface area contributed by atoms with Gasteiger partial charge in [0.2, 0.25) is 0 Å². The Kier molecular flexibility index (Phi) is 7.63. The second-order valence-corrected chi connectivity index (χ2v) is 8.62. The monoisotopic (exact) mass is 406 g/mol. The molecule has 1 aliphatic heterocycles. The van der Waals surface area contributed by atoms with E-state index in [1.807, 2.05) is 20.8 Å². The molecule has 0 bridgehead atoms. The van der Waals surface area contributed by atoms with Gasteiger partial charge in [-0.2, -0.15) is 0 Å². The fourth-order valence-corrected chi connectivity index (χ4v) is 4.24. The number of hydrogen-bond acceptors (Lipinski definition) is 9. The van der Waals surface area contributed by atoms with Gasteiger partial charge in [0, 0.05) is 0 Å². The number of aliphatic hydroxyl groups excluding tert-OH is 6. The van der Waals surface area contributed by atoms with Crippen molar-refractivity contribution in [2.75, 3.05) is 13.2 Å². The molecule has 28 heavy (non-hydrogen) atoms. The van der Waals surface area contributed by atoms with E-state index in [1.165, 1.54) is 12.2 Å². The molecule has 0 aromatic rings. The first kappa shape index (κ1) is 23.7. The van der Waals surface area contributed by atoms with Crippen molar-refractivity contribution in [2.24, 2.45) is 11.3 Å². The summed E-state index contributed by atoms with van der Waals surface area (Å²) in [5.41, 5.74) is -1.87. The summed E-state index contributed by atoms with van der Waals surface area (Å²) in [7, 11) is 0. The molecule has 0 aromatic heterocycles. The van der Waals surface area contributed by atoms with Gasteiger partial charge < -0.3 is 45.2 Å². The van der Waals surface area contributed by atoms with Crippen molar-refractivity contribution in [2.45, 2.75) is 82.1 Å². The topological polar surface area (TPSA) is 160 Å². The third-order valence-electron chi connectivity index (χ3n) is 6.11. The molecule has 0 amide bonds. The minimum Gasteiger partial charge on any atom is -0.394 e. The average molecular weight is 406 g/mol. The van der Waals surface area contributed by atoms with Crippen molar-refractivity contribution < 1.29 is 45.2 Å². The summed E-state index contributed by atoms with van der Waals surface area (Å²) >= 11 is 0. The number of aliphatic hydroxyl groups is 7. The molecule has 9 atom stereocenters. The van der Waals surface area contributed by atoms with Crippen LogP contribution in [0, 0.1) is 11.3 Å². The molecule has 2 fully saturated rings. The predicted molar refractivity (Wildman–Crippen MR) is 98.0 cm³/mol. The van der Waals surface area contributed by atoms with Crippen molar-refractivity contribution in [1.82, 2.24) is 0 Å². The van der Waals surface area contributed by atoms with Crippen LogP contribution in [-0.4, -0.2) is 97.5 Å². The average Bonchev–Trinajstić information content (AvgIpc) is 2.62. The van der Waals surface area contributed by atoms with Crippen LogP contribution in [0.25, 0.3) is 0 Å². The van der Waals surface area contributed by atoms with E-state index < -0.39 is 67.1 Å². The zero-order valence-corrected chi connectivity index (χ0v) is 16.5. The SMILES string of the molecule is C[C@H]1C[C@@H](O)CC(C)(C)[C@]1(O)/C=C/C(CO)O[C@@H]1O[C@H](CO)[C@@H](O)[C@H](O)[C@H]1O. The Labute approximate surface area is 164 Å². The Balaban J connectivity index is 2.13. The highest BCUT2D eigenvalue weighted by Gasteiger charge is 2.50. The van der Waals surface area contributed by atoms with Gasteiger partial charge in [0.1, 0.15) is 30.5 Å². The van der Waals surface area contributed by atoms with E-state index in [0.29, 0.717) is 12.8 Å². The molecule has 1 saturated carbocycles. The number of ether oxygens (including phenoxy) is 2. The third-order valence-corrected chi connectivity index (χ3v) is 6.11. The van der Waals surface area contributed by atoms with Crippen LogP contribution >= 0.6 is 0 Å². The maximum Gasteiger partial charge on any atom is 0.187 e. The minimum atomic E-state index is -1.58. The van der Waals surface area contributed by atoms with E-state index in [0.717, 1.165) is 0 Å². The van der Waals surface area contributed by atoms with Crippen molar-refractivity contribution in [3.8, 4) is 0 Å². The molecule has 0 aromatic carbocycles. The molecule has 7 N–H and O–H groups in total. The van der Waals surface area contributed by atoms with E-state index in [1.54, 1.807) is 0 Å². The van der Waals surface area contributed by atoms with Gasteiger partial charge in [-0.25, -0.2) is 0 Å². The molecular weight excluding hydrogens is 372 g/mol. The number of hydrogen-bond donors (Lipinski definition) is 7. The van der Waals surface area contributed by atoms with Gasteiger partial charge in [0.25, 0.3) is 0 Å². The van der Waals surface area contributed by atoms with Crippen molar-refractivity contribution in [3.05, 3.63) is 12.2 Å². The van der Waals surface area contributed by atoms with E-state index >= 15 is 0 Å². The quantitative estimate of drug-likeness (QED) is 0.254. The van der Waals surface area contributed by atoms with Gasteiger partial charge in [-0.15, -0.1) is 0 Å². The van der Waals surface area contributed by atoms with E-state index in [9.17, 15) is 35.7 Å². The molecule has 2 rings (SSSR count). The second kappa shape index (κ2) is 9.03. The fraction of sp³-hybridized carbons (Fsp3) is 0.895. The highest BCUT2D eigenvalue weighted by Crippen LogP contribution is 2.48. The Bertz CT molecular complexity index is 537. The standard InChI is InChI=1S/C19H34O9/c1-10-6-11(22)7-18(2,3)19(10,26)5-4-12(8-20)27-17-16(25)15(24)14(23)13(9-21)28-17/h4-5,10-17,20-26H,6-9H2,1-3H3/b5-4+/t10-,11+,12?,13+,14+,15-,16+,17+,19-/m0/s1. The first-order valence-corrected chi connectivity index (χ1v) is 9.63. The molecule has 1 saturated heterocycles. The lowest BCUT2D eigenvalue weighted by atomic mass is 9.60. The zero-order chi connectivity index (χ0) is 21.3. The van der Waals surface area contributed by atoms with Gasteiger partial charge in [0.05, 0.1) is 24.9 Å². The van der Waals surface area contributed by atoms with Crippen molar-refractivity contribution >= 4 is 0 Å². The largest absolute Gasteiger partial charge is 0.394 e. The van der Waals surface area contributed by atoms with Crippen LogP contribution < -0.4 is 0 Å². The van der Waals surface area contributed by atoms with Crippen molar-refractivity contribution in [3.63, 3.8) is 0 Å². The van der Waals surface area contributed by atoms with Gasteiger partial charge in [-0.3, -0.25) is 0 Å². The molecule has 9 heteroatoms. The fourth-order valence-electron chi connectivity index (χ4n) is 4.24. The summed E-state index contributed by atoms with van der Waals surface area (Å²) in [6, 6.07) is 0. The van der Waals surface area contributed by atoms with Crippen LogP contribution in [0.5, 0.6) is 0 Å². The Morgan fingerprint density at radius 1 is 1.11 bits per heavy atom. The maximum absolute atomic E-state index is 11.2. The van der Waals surface area contributed by atoms with Crippen LogP contribution in [0.4, 0.5) is 0 Å².